The van der Waals surface area contributed by atoms with Crippen molar-refractivity contribution in [2.45, 2.75) is 0 Å². The van der Waals surface area contributed by atoms with Crippen LogP contribution in [0.2, 0.25) is 0 Å². The summed E-state index contributed by atoms with van der Waals surface area (Å²) in [4.78, 5) is 11.9. The Balaban J connectivity index is 1.85. The Bertz CT molecular complexity index is 814. The molecule has 0 atom stereocenters. The van der Waals surface area contributed by atoms with Gasteiger partial charge in [-0.25, -0.2) is 4.39 Å². The zero-order valence-electron chi connectivity index (χ0n) is 10.7. The number of carbonyl (C=O) groups excluding carboxylic acids is 1. The van der Waals surface area contributed by atoms with Crippen molar-refractivity contribution in [3.05, 3.63) is 59.9 Å². The van der Waals surface area contributed by atoms with Gasteiger partial charge in [0.05, 0.1) is 11.8 Å². The minimum absolute atomic E-state index is 0.162. The Morgan fingerprint density at radius 2 is 2.25 bits per heavy atom. The quantitative estimate of drug-likeness (QED) is 0.542. The number of fused-ring (bicyclic) bond motifs is 1. The van der Waals surface area contributed by atoms with Crippen LogP contribution < -0.4 is 0 Å². The summed E-state index contributed by atoms with van der Waals surface area (Å²) in [5, 5.41) is 4.60. The molecule has 3 rings (SSSR count). The number of ketones is 1. The number of allylic oxidation sites excluding steroid dienone is 1. The first-order chi connectivity index (χ1) is 9.61. The summed E-state index contributed by atoms with van der Waals surface area (Å²) >= 11 is 0. The highest BCUT2D eigenvalue weighted by Gasteiger charge is 2.06. The summed E-state index contributed by atoms with van der Waals surface area (Å²) in [5.41, 5.74) is 1.09. The lowest BCUT2D eigenvalue weighted by Crippen LogP contribution is -1.91. The van der Waals surface area contributed by atoms with Gasteiger partial charge in [-0.3, -0.25) is 9.48 Å². The molecule has 0 unspecified atom stereocenters. The molecular weight excluding hydrogens is 259 g/mol. The number of rotatable bonds is 3. The molecule has 2 heterocycles. The first kappa shape index (κ1) is 12.3. The van der Waals surface area contributed by atoms with E-state index < -0.39 is 0 Å². The minimum Gasteiger partial charge on any atom is -0.457 e. The van der Waals surface area contributed by atoms with Gasteiger partial charge in [0.25, 0.3) is 0 Å². The van der Waals surface area contributed by atoms with Crippen LogP contribution >= 0.6 is 0 Å². The number of aryl methyl sites for hydroxylation is 1. The SMILES string of the molecule is Cn1cc(C(=O)C=Cc2cc3cc(F)ccc3o2)cn1. The van der Waals surface area contributed by atoms with Crippen LogP contribution in [0.25, 0.3) is 17.0 Å². The van der Waals surface area contributed by atoms with Gasteiger partial charge in [-0.2, -0.15) is 5.10 Å². The fourth-order valence-electron chi connectivity index (χ4n) is 1.92. The van der Waals surface area contributed by atoms with Crippen LogP contribution in [0.1, 0.15) is 16.1 Å². The van der Waals surface area contributed by atoms with Gasteiger partial charge in [0, 0.05) is 18.6 Å². The maximum absolute atomic E-state index is 13.1. The van der Waals surface area contributed by atoms with Crippen molar-refractivity contribution in [3.8, 4) is 0 Å². The van der Waals surface area contributed by atoms with Crippen LogP contribution in [-0.2, 0) is 7.05 Å². The van der Waals surface area contributed by atoms with Crippen molar-refractivity contribution in [1.82, 2.24) is 9.78 Å². The molecule has 0 aliphatic heterocycles. The monoisotopic (exact) mass is 270 g/mol. The van der Waals surface area contributed by atoms with E-state index in [2.05, 4.69) is 5.10 Å². The lowest BCUT2D eigenvalue weighted by Gasteiger charge is -1.87. The molecule has 0 saturated heterocycles. The van der Waals surface area contributed by atoms with Gasteiger partial charge in [-0.05, 0) is 36.4 Å². The van der Waals surface area contributed by atoms with Gasteiger partial charge >= 0.3 is 0 Å². The lowest BCUT2D eigenvalue weighted by molar-refractivity contribution is 0.104. The Morgan fingerprint density at radius 3 is 3.00 bits per heavy atom. The summed E-state index contributed by atoms with van der Waals surface area (Å²) in [6, 6.07) is 5.97. The zero-order chi connectivity index (χ0) is 14.1. The number of benzene rings is 1. The van der Waals surface area contributed by atoms with Crippen molar-refractivity contribution in [2.75, 3.05) is 0 Å². The minimum atomic E-state index is -0.319. The van der Waals surface area contributed by atoms with Gasteiger partial charge < -0.3 is 4.42 Å². The van der Waals surface area contributed by atoms with E-state index in [0.717, 1.165) is 0 Å². The number of halogens is 1. The van der Waals surface area contributed by atoms with Gasteiger partial charge in [0.1, 0.15) is 17.2 Å². The van der Waals surface area contributed by atoms with Crippen LogP contribution in [0.5, 0.6) is 0 Å². The number of carbonyl (C=O) groups is 1. The summed E-state index contributed by atoms with van der Waals surface area (Å²) in [6.45, 7) is 0. The Hall–Kier alpha value is -2.69. The fraction of sp³-hybridized carbons (Fsp3) is 0.0667. The predicted molar refractivity (Wildman–Crippen MR) is 72.7 cm³/mol. The van der Waals surface area contributed by atoms with Crippen LogP contribution in [0.15, 0.2) is 47.2 Å². The number of nitrogens with zero attached hydrogens (tertiary/aromatic N) is 2. The standard InChI is InChI=1S/C15H11FN2O2/c1-18-9-11(8-17-18)14(19)4-3-13-7-10-6-12(16)2-5-15(10)20-13/h2-9H,1H3. The van der Waals surface area contributed by atoms with Crippen molar-refractivity contribution in [3.63, 3.8) is 0 Å². The van der Waals surface area contributed by atoms with Gasteiger partial charge in [-0.15, -0.1) is 0 Å². The number of aromatic nitrogens is 2. The van der Waals surface area contributed by atoms with Crippen molar-refractivity contribution in [2.24, 2.45) is 7.05 Å². The molecule has 0 aliphatic carbocycles. The molecule has 4 nitrogen and oxygen atoms in total. The van der Waals surface area contributed by atoms with Crippen molar-refractivity contribution in [1.29, 1.82) is 0 Å². The largest absolute Gasteiger partial charge is 0.457 e. The number of hydrogen-bond donors (Lipinski definition) is 0. The van der Waals surface area contributed by atoms with E-state index in [1.807, 2.05) is 0 Å². The van der Waals surface area contributed by atoms with E-state index in [4.69, 9.17) is 4.42 Å². The zero-order valence-corrected chi connectivity index (χ0v) is 10.7. The maximum atomic E-state index is 13.1. The molecule has 3 aromatic rings. The van der Waals surface area contributed by atoms with Gasteiger partial charge in [0.15, 0.2) is 5.78 Å². The number of furan rings is 1. The maximum Gasteiger partial charge on any atom is 0.189 e. The molecule has 5 heteroatoms. The molecule has 1 aromatic carbocycles. The summed E-state index contributed by atoms with van der Waals surface area (Å²) in [7, 11) is 1.74. The smallest absolute Gasteiger partial charge is 0.189 e. The predicted octanol–water partition coefficient (Wildman–Crippen LogP) is 3.20. The Kier molecular flexibility index (Phi) is 2.95. The topological polar surface area (TPSA) is 48.0 Å². The average Bonchev–Trinajstić information content (AvgIpc) is 3.01. The van der Waals surface area contributed by atoms with Crippen molar-refractivity contribution >= 4 is 22.8 Å². The molecule has 0 bridgehead atoms. The lowest BCUT2D eigenvalue weighted by atomic mass is 10.2. The molecule has 100 valence electrons. The first-order valence-electron chi connectivity index (χ1n) is 6.02. The van der Waals surface area contributed by atoms with E-state index in [1.165, 1.54) is 24.4 Å². The summed E-state index contributed by atoms with van der Waals surface area (Å²) in [5.74, 6) is 0.0212. The van der Waals surface area contributed by atoms with Crippen LogP contribution in [0, 0.1) is 5.82 Å². The third-order valence-corrected chi connectivity index (χ3v) is 2.89. The fourth-order valence-corrected chi connectivity index (χ4v) is 1.92. The van der Waals surface area contributed by atoms with Gasteiger partial charge in [-0.1, -0.05) is 0 Å². The second-order valence-corrected chi connectivity index (χ2v) is 4.43. The third kappa shape index (κ3) is 2.38. The molecule has 0 radical (unpaired) electrons. The van der Waals surface area contributed by atoms with Crippen LogP contribution in [0.3, 0.4) is 0 Å². The molecule has 2 aromatic heterocycles. The second kappa shape index (κ2) is 4.77. The molecule has 0 saturated carbocycles. The summed E-state index contributed by atoms with van der Waals surface area (Å²) < 4.78 is 20.1. The second-order valence-electron chi connectivity index (χ2n) is 4.43. The van der Waals surface area contributed by atoms with E-state index in [0.29, 0.717) is 22.3 Å². The highest BCUT2D eigenvalue weighted by Crippen LogP contribution is 2.21. The van der Waals surface area contributed by atoms with Crippen LogP contribution in [-0.4, -0.2) is 15.6 Å². The van der Waals surface area contributed by atoms with E-state index >= 15 is 0 Å². The highest BCUT2D eigenvalue weighted by molar-refractivity contribution is 6.06. The van der Waals surface area contributed by atoms with E-state index in [1.54, 1.807) is 36.1 Å². The van der Waals surface area contributed by atoms with Crippen molar-refractivity contribution < 1.29 is 13.6 Å². The molecule has 20 heavy (non-hydrogen) atoms. The van der Waals surface area contributed by atoms with E-state index in [9.17, 15) is 9.18 Å². The molecule has 0 aliphatic rings. The Labute approximate surface area is 114 Å². The highest BCUT2D eigenvalue weighted by atomic mass is 19.1. The molecular formula is C15H11FN2O2. The van der Waals surface area contributed by atoms with Gasteiger partial charge in [0.2, 0.25) is 0 Å². The summed E-state index contributed by atoms with van der Waals surface area (Å²) in [6.07, 6.45) is 6.11. The normalized spacial score (nSPS) is 11.5. The average molecular weight is 270 g/mol. The van der Waals surface area contributed by atoms with E-state index in [-0.39, 0.29) is 11.6 Å². The molecule has 0 amide bonds. The first-order valence-corrected chi connectivity index (χ1v) is 6.02. The molecule has 0 N–H and O–H groups in total. The third-order valence-electron chi connectivity index (χ3n) is 2.89. The molecule has 0 spiro atoms. The molecule has 0 fully saturated rings. The Morgan fingerprint density at radius 1 is 1.40 bits per heavy atom. The van der Waals surface area contributed by atoms with Crippen LogP contribution in [0.4, 0.5) is 4.39 Å². The number of hydrogen-bond acceptors (Lipinski definition) is 3.